The van der Waals surface area contributed by atoms with Gasteiger partial charge in [0.25, 0.3) is 21.8 Å². The minimum absolute atomic E-state index is 0.132. The van der Waals surface area contributed by atoms with Gasteiger partial charge in [0.05, 0.1) is 0 Å². The van der Waals surface area contributed by atoms with Crippen molar-refractivity contribution in [2.24, 2.45) is 0 Å². The zero-order valence-corrected chi connectivity index (χ0v) is 18.1. The van der Waals surface area contributed by atoms with E-state index in [2.05, 4.69) is 15.4 Å². The van der Waals surface area contributed by atoms with E-state index in [1.807, 2.05) is 0 Å². The van der Waals surface area contributed by atoms with Crippen LogP contribution in [0.25, 0.3) is 0 Å². The molecule has 1 aromatic carbocycles. The molecule has 0 radical (unpaired) electrons. The fraction of sp³-hybridized carbons (Fsp3) is 0.429. The second-order valence-corrected chi connectivity index (χ2v) is 10.1. The van der Waals surface area contributed by atoms with E-state index in [-0.39, 0.29) is 22.8 Å². The summed E-state index contributed by atoms with van der Waals surface area (Å²) in [6.45, 7) is 5.12. The largest absolute Gasteiger partial charge is 0.438 e. The van der Waals surface area contributed by atoms with Crippen LogP contribution in [0.2, 0.25) is 0 Å². The lowest BCUT2D eigenvalue weighted by Crippen LogP contribution is -2.40. The van der Waals surface area contributed by atoms with Crippen molar-refractivity contribution in [3.8, 4) is 0 Å². The molecule has 0 spiro atoms. The molecule has 2 aromatic rings. The van der Waals surface area contributed by atoms with Gasteiger partial charge >= 0.3 is 0 Å². The van der Waals surface area contributed by atoms with E-state index in [4.69, 9.17) is 4.42 Å². The van der Waals surface area contributed by atoms with E-state index in [1.165, 1.54) is 12.1 Å². The van der Waals surface area contributed by atoms with Crippen molar-refractivity contribution in [2.45, 2.75) is 63.1 Å². The maximum atomic E-state index is 12.4. The molecule has 1 heterocycles. The van der Waals surface area contributed by atoms with Crippen molar-refractivity contribution >= 4 is 27.5 Å². The van der Waals surface area contributed by atoms with Crippen molar-refractivity contribution in [3.63, 3.8) is 0 Å². The van der Waals surface area contributed by atoms with Crippen LogP contribution in [0.3, 0.4) is 0 Å². The van der Waals surface area contributed by atoms with Gasteiger partial charge in [-0.15, -0.1) is 0 Å². The lowest BCUT2D eigenvalue weighted by atomic mass is 10.1. The lowest BCUT2D eigenvalue weighted by molar-refractivity contribution is 0.0937. The first-order chi connectivity index (χ1) is 14.0. The summed E-state index contributed by atoms with van der Waals surface area (Å²) in [5.74, 6) is -0.852. The summed E-state index contributed by atoms with van der Waals surface area (Å²) in [5, 5.41) is 5.31. The molecule has 162 valence electrons. The molecule has 9 heteroatoms. The average molecular weight is 434 g/mol. The third-order valence-electron chi connectivity index (χ3n) is 4.61. The molecule has 0 aliphatic heterocycles. The van der Waals surface area contributed by atoms with Gasteiger partial charge in [0.2, 0.25) is 5.09 Å². The Labute approximate surface area is 176 Å². The van der Waals surface area contributed by atoms with Crippen LogP contribution in [0.1, 0.15) is 67.4 Å². The summed E-state index contributed by atoms with van der Waals surface area (Å²) in [4.78, 5) is 24.7. The molecule has 0 saturated heterocycles. The molecule has 0 unspecified atom stereocenters. The van der Waals surface area contributed by atoms with Crippen molar-refractivity contribution in [2.75, 3.05) is 5.32 Å². The lowest BCUT2D eigenvalue weighted by Gasteiger charge is -2.18. The van der Waals surface area contributed by atoms with Crippen LogP contribution in [0, 0.1) is 0 Å². The van der Waals surface area contributed by atoms with Crippen molar-refractivity contribution in [1.29, 1.82) is 0 Å². The Morgan fingerprint density at radius 2 is 1.60 bits per heavy atom. The first-order valence-electron chi connectivity index (χ1n) is 9.90. The van der Waals surface area contributed by atoms with Gasteiger partial charge in [-0.2, -0.15) is 0 Å². The number of carbonyl (C=O) groups excluding carboxylic acids is 2. The quantitative estimate of drug-likeness (QED) is 0.646. The molecule has 1 aromatic heterocycles. The number of amides is 2. The Balaban J connectivity index is 1.62. The molecule has 0 atom stereocenters. The number of nitrogens with one attached hydrogen (secondary N) is 3. The smallest absolute Gasteiger partial charge is 0.291 e. The molecule has 1 fully saturated rings. The summed E-state index contributed by atoms with van der Waals surface area (Å²) in [7, 11) is -3.87. The van der Waals surface area contributed by atoms with E-state index in [9.17, 15) is 18.0 Å². The van der Waals surface area contributed by atoms with Gasteiger partial charge in [-0.05, 0) is 70.0 Å². The summed E-state index contributed by atoms with van der Waals surface area (Å²) >= 11 is 0. The minimum Gasteiger partial charge on any atom is -0.438 e. The normalized spacial score (nSPS) is 15.2. The van der Waals surface area contributed by atoms with Gasteiger partial charge in [-0.3, -0.25) is 9.59 Å². The fourth-order valence-corrected chi connectivity index (χ4v) is 4.63. The summed E-state index contributed by atoms with van der Waals surface area (Å²) in [6, 6.07) is 9.26. The van der Waals surface area contributed by atoms with Gasteiger partial charge in [0.15, 0.2) is 5.76 Å². The molecule has 3 N–H and O–H groups in total. The van der Waals surface area contributed by atoms with Crippen LogP contribution >= 0.6 is 0 Å². The maximum Gasteiger partial charge on any atom is 0.291 e. The molecule has 1 saturated carbocycles. The molecule has 8 nitrogen and oxygen atoms in total. The zero-order chi connectivity index (χ0) is 21.9. The highest BCUT2D eigenvalue weighted by Crippen LogP contribution is 2.20. The fourth-order valence-electron chi connectivity index (χ4n) is 3.28. The highest BCUT2D eigenvalue weighted by molar-refractivity contribution is 7.89. The molecular formula is C21H27N3O5S. The van der Waals surface area contributed by atoms with Crippen LogP contribution in [-0.4, -0.2) is 31.8 Å². The van der Waals surface area contributed by atoms with Crippen molar-refractivity contribution < 1.29 is 22.4 Å². The third kappa shape index (κ3) is 5.70. The molecule has 0 bridgehead atoms. The minimum atomic E-state index is -3.87. The molecule has 2 amide bonds. The number of sulfonamides is 1. The number of benzene rings is 1. The third-order valence-corrected chi connectivity index (χ3v) is 6.24. The van der Waals surface area contributed by atoms with Crippen LogP contribution in [0.4, 0.5) is 5.69 Å². The summed E-state index contributed by atoms with van der Waals surface area (Å²) in [5.41, 5.74) is 0.297. The highest BCUT2D eigenvalue weighted by Gasteiger charge is 2.26. The zero-order valence-electron chi connectivity index (χ0n) is 17.3. The molecular weight excluding hydrogens is 406 g/mol. The van der Waals surface area contributed by atoms with E-state index in [0.29, 0.717) is 11.3 Å². The molecule has 3 rings (SSSR count). The maximum absolute atomic E-state index is 12.4. The van der Waals surface area contributed by atoms with Crippen LogP contribution in [-0.2, 0) is 10.0 Å². The number of carbonyl (C=O) groups is 2. The Morgan fingerprint density at radius 3 is 2.20 bits per heavy atom. The monoisotopic (exact) mass is 433 g/mol. The molecule has 1 aliphatic rings. The number of rotatable bonds is 6. The summed E-state index contributed by atoms with van der Waals surface area (Å²) in [6.07, 6.45) is 4.29. The van der Waals surface area contributed by atoms with Crippen LogP contribution in [0.5, 0.6) is 0 Å². The van der Waals surface area contributed by atoms with Gasteiger partial charge in [0.1, 0.15) is 0 Å². The molecule has 1 aliphatic carbocycles. The number of hydrogen-bond donors (Lipinski definition) is 3. The highest BCUT2D eigenvalue weighted by atomic mass is 32.2. The van der Waals surface area contributed by atoms with Gasteiger partial charge in [-0.25, -0.2) is 13.1 Å². The van der Waals surface area contributed by atoms with E-state index in [0.717, 1.165) is 25.7 Å². The van der Waals surface area contributed by atoms with Crippen molar-refractivity contribution in [3.05, 3.63) is 47.7 Å². The van der Waals surface area contributed by atoms with E-state index >= 15 is 0 Å². The van der Waals surface area contributed by atoms with Gasteiger partial charge in [-0.1, -0.05) is 12.8 Å². The van der Waals surface area contributed by atoms with Gasteiger partial charge < -0.3 is 15.1 Å². The Hall–Kier alpha value is -2.65. The number of hydrogen-bond acceptors (Lipinski definition) is 5. The second kappa shape index (κ2) is 8.61. The Kier molecular flexibility index (Phi) is 6.33. The Morgan fingerprint density at radius 1 is 0.967 bits per heavy atom. The van der Waals surface area contributed by atoms with Gasteiger partial charge in [0, 0.05) is 22.8 Å². The van der Waals surface area contributed by atoms with Crippen molar-refractivity contribution in [1.82, 2.24) is 10.0 Å². The number of anilines is 1. The predicted octanol–water partition coefficient (Wildman–Crippen LogP) is 3.28. The molecule has 30 heavy (non-hydrogen) atoms. The first kappa shape index (κ1) is 22.0. The standard InChI is InChI=1S/C21H27N3O5S/c1-21(2,3)24-30(27,28)18-13-12-17(29-18)20(26)23-16-10-8-14(9-11-16)19(25)22-15-6-4-5-7-15/h8-13,15,24H,4-7H2,1-3H3,(H,22,25)(H,23,26). The topological polar surface area (TPSA) is 118 Å². The van der Waals surface area contributed by atoms with Crippen LogP contribution < -0.4 is 15.4 Å². The SMILES string of the molecule is CC(C)(C)NS(=O)(=O)c1ccc(C(=O)Nc2ccc(C(=O)NC3CCCC3)cc2)o1. The van der Waals surface area contributed by atoms with E-state index in [1.54, 1.807) is 45.0 Å². The first-order valence-corrected chi connectivity index (χ1v) is 11.4. The van der Waals surface area contributed by atoms with E-state index < -0.39 is 21.5 Å². The predicted molar refractivity (Wildman–Crippen MR) is 113 cm³/mol. The number of furan rings is 1. The second-order valence-electron chi connectivity index (χ2n) is 8.46. The average Bonchev–Trinajstić information content (AvgIpc) is 3.32. The van der Waals surface area contributed by atoms with Crippen LogP contribution in [0.15, 0.2) is 45.9 Å². The summed E-state index contributed by atoms with van der Waals surface area (Å²) < 4.78 is 32.3. The Bertz CT molecular complexity index is 1010.